The van der Waals surface area contributed by atoms with Gasteiger partial charge in [0, 0.05) is 19.1 Å². The molecule has 1 aliphatic rings. The van der Waals surface area contributed by atoms with Crippen LogP contribution in [0.15, 0.2) is 30.3 Å². The van der Waals surface area contributed by atoms with E-state index >= 15 is 0 Å². The molecule has 1 aliphatic heterocycles. The first-order valence-corrected chi connectivity index (χ1v) is 8.25. The summed E-state index contributed by atoms with van der Waals surface area (Å²) in [4.78, 5) is 24.5. The van der Waals surface area contributed by atoms with Crippen LogP contribution in [0.5, 0.6) is 0 Å². The minimum Gasteiger partial charge on any atom is -0.381 e. The van der Waals surface area contributed by atoms with Crippen molar-refractivity contribution in [3.8, 4) is 0 Å². The first kappa shape index (κ1) is 17.5. The van der Waals surface area contributed by atoms with Gasteiger partial charge in [-0.05, 0) is 17.9 Å². The van der Waals surface area contributed by atoms with Gasteiger partial charge in [0.05, 0.1) is 13.0 Å². The van der Waals surface area contributed by atoms with E-state index in [1.807, 2.05) is 44.2 Å². The SMILES string of the molecule is CC(C)C(NC(=O)Cc1ccccc1)C(=O)NCC1CCOC1. The van der Waals surface area contributed by atoms with Gasteiger partial charge in [0.2, 0.25) is 11.8 Å². The Balaban J connectivity index is 1.84. The zero-order valence-electron chi connectivity index (χ0n) is 13.9. The fraction of sp³-hybridized carbons (Fsp3) is 0.556. The highest BCUT2D eigenvalue weighted by atomic mass is 16.5. The van der Waals surface area contributed by atoms with E-state index in [0.717, 1.165) is 18.6 Å². The highest BCUT2D eigenvalue weighted by Crippen LogP contribution is 2.11. The maximum atomic E-state index is 12.4. The Hall–Kier alpha value is -1.88. The fourth-order valence-corrected chi connectivity index (χ4v) is 2.64. The van der Waals surface area contributed by atoms with E-state index in [0.29, 0.717) is 19.1 Å². The van der Waals surface area contributed by atoms with Crippen LogP contribution in [0.2, 0.25) is 0 Å². The van der Waals surface area contributed by atoms with E-state index in [1.54, 1.807) is 0 Å². The van der Waals surface area contributed by atoms with Crippen LogP contribution in [0.3, 0.4) is 0 Å². The highest BCUT2D eigenvalue weighted by molar-refractivity contribution is 5.88. The Morgan fingerprint density at radius 3 is 2.61 bits per heavy atom. The summed E-state index contributed by atoms with van der Waals surface area (Å²) in [6.45, 7) is 5.95. The number of rotatable bonds is 7. The maximum Gasteiger partial charge on any atom is 0.242 e. The van der Waals surface area contributed by atoms with E-state index in [-0.39, 0.29) is 24.2 Å². The number of ether oxygens (including phenoxy) is 1. The Morgan fingerprint density at radius 2 is 2.00 bits per heavy atom. The number of carbonyl (C=O) groups is 2. The van der Waals surface area contributed by atoms with Crippen molar-refractivity contribution in [2.75, 3.05) is 19.8 Å². The third kappa shape index (κ3) is 5.67. The monoisotopic (exact) mass is 318 g/mol. The maximum absolute atomic E-state index is 12.4. The van der Waals surface area contributed by atoms with Gasteiger partial charge in [-0.2, -0.15) is 0 Å². The van der Waals surface area contributed by atoms with Crippen molar-refractivity contribution >= 4 is 11.8 Å². The zero-order chi connectivity index (χ0) is 16.7. The molecule has 0 saturated carbocycles. The molecule has 1 heterocycles. The topological polar surface area (TPSA) is 67.4 Å². The van der Waals surface area contributed by atoms with Crippen molar-refractivity contribution in [1.82, 2.24) is 10.6 Å². The molecule has 2 N–H and O–H groups in total. The molecule has 5 nitrogen and oxygen atoms in total. The van der Waals surface area contributed by atoms with Gasteiger partial charge in [0.1, 0.15) is 6.04 Å². The van der Waals surface area contributed by atoms with Gasteiger partial charge in [0.15, 0.2) is 0 Å². The lowest BCUT2D eigenvalue weighted by Gasteiger charge is -2.22. The molecular weight excluding hydrogens is 292 g/mol. The first-order chi connectivity index (χ1) is 11.1. The molecule has 2 atom stereocenters. The van der Waals surface area contributed by atoms with Crippen LogP contribution in [0.25, 0.3) is 0 Å². The average molecular weight is 318 g/mol. The average Bonchev–Trinajstić information content (AvgIpc) is 3.04. The first-order valence-electron chi connectivity index (χ1n) is 8.25. The van der Waals surface area contributed by atoms with Crippen LogP contribution < -0.4 is 10.6 Å². The minimum absolute atomic E-state index is 0.0366. The Morgan fingerprint density at radius 1 is 1.26 bits per heavy atom. The van der Waals surface area contributed by atoms with Crippen molar-refractivity contribution < 1.29 is 14.3 Å². The van der Waals surface area contributed by atoms with E-state index in [2.05, 4.69) is 10.6 Å². The van der Waals surface area contributed by atoms with E-state index in [9.17, 15) is 9.59 Å². The number of nitrogens with one attached hydrogen (secondary N) is 2. The molecule has 1 fully saturated rings. The Bertz CT molecular complexity index is 510. The summed E-state index contributed by atoms with van der Waals surface area (Å²) in [5.41, 5.74) is 0.941. The normalized spacial score (nSPS) is 18.7. The van der Waals surface area contributed by atoms with Crippen molar-refractivity contribution in [2.45, 2.75) is 32.7 Å². The minimum atomic E-state index is -0.506. The van der Waals surface area contributed by atoms with Crippen LogP contribution in [0, 0.1) is 11.8 Å². The number of carbonyl (C=O) groups excluding carboxylic acids is 2. The second-order valence-electron chi connectivity index (χ2n) is 6.43. The highest BCUT2D eigenvalue weighted by Gasteiger charge is 2.25. The summed E-state index contributed by atoms with van der Waals surface area (Å²) in [6, 6.07) is 9.03. The summed E-state index contributed by atoms with van der Waals surface area (Å²) in [6.07, 6.45) is 1.26. The lowest BCUT2D eigenvalue weighted by Crippen LogP contribution is -2.50. The summed E-state index contributed by atoms with van der Waals surface area (Å²) >= 11 is 0. The Labute approximate surface area is 137 Å². The summed E-state index contributed by atoms with van der Waals surface area (Å²) in [5, 5.41) is 5.80. The lowest BCUT2D eigenvalue weighted by atomic mass is 10.0. The molecule has 5 heteroatoms. The number of benzene rings is 1. The van der Waals surface area contributed by atoms with Gasteiger partial charge in [0.25, 0.3) is 0 Å². The predicted octanol–water partition coefficient (Wildman–Crippen LogP) is 1.52. The van der Waals surface area contributed by atoms with E-state index < -0.39 is 6.04 Å². The van der Waals surface area contributed by atoms with Crippen molar-refractivity contribution in [3.05, 3.63) is 35.9 Å². The molecule has 1 saturated heterocycles. The molecule has 0 radical (unpaired) electrons. The van der Waals surface area contributed by atoms with Gasteiger partial charge in [-0.1, -0.05) is 44.2 Å². The van der Waals surface area contributed by atoms with E-state index in [1.165, 1.54) is 0 Å². The molecule has 2 unspecified atom stereocenters. The number of hydrogen-bond donors (Lipinski definition) is 2. The van der Waals surface area contributed by atoms with Gasteiger partial charge < -0.3 is 15.4 Å². The van der Waals surface area contributed by atoms with Crippen LogP contribution in [0.4, 0.5) is 0 Å². The quantitative estimate of drug-likeness (QED) is 0.801. The van der Waals surface area contributed by atoms with Gasteiger partial charge >= 0.3 is 0 Å². The largest absolute Gasteiger partial charge is 0.381 e. The van der Waals surface area contributed by atoms with Gasteiger partial charge in [-0.3, -0.25) is 9.59 Å². The third-order valence-corrected chi connectivity index (χ3v) is 4.06. The van der Waals surface area contributed by atoms with Crippen molar-refractivity contribution in [3.63, 3.8) is 0 Å². The van der Waals surface area contributed by atoms with Crippen LogP contribution in [-0.2, 0) is 20.7 Å². The smallest absolute Gasteiger partial charge is 0.242 e. The predicted molar refractivity (Wildman–Crippen MR) is 88.9 cm³/mol. The summed E-state index contributed by atoms with van der Waals surface area (Å²) in [7, 11) is 0. The standard InChI is InChI=1S/C18H26N2O3/c1-13(2)17(18(22)19-11-15-8-9-23-12-15)20-16(21)10-14-6-4-3-5-7-14/h3-7,13,15,17H,8-12H2,1-2H3,(H,19,22)(H,20,21). The number of amides is 2. The second kappa shape index (κ2) is 8.67. The lowest BCUT2D eigenvalue weighted by molar-refractivity contribution is -0.129. The summed E-state index contributed by atoms with van der Waals surface area (Å²) in [5.74, 6) is 0.170. The van der Waals surface area contributed by atoms with Crippen LogP contribution in [-0.4, -0.2) is 37.6 Å². The molecule has 1 aromatic rings. The van der Waals surface area contributed by atoms with Crippen LogP contribution in [0.1, 0.15) is 25.8 Å². The molecule has 0 spiro atoms. The molecule has 23 heavy (non-hydrogen) atoms. The zero-order valence-corrected chi connectivity index (χ0v) is 13.9. The molecule has 2 rings (SSSR count). The van der Waals surface area contributed by atoms with E-state index in [4.69, 9.17) is 4.74 Å². The molecule has 1 aromatic carbocycles. The van der Waals surface area contributed by atoms with Crippen LogP contribution >= 0.6 is 0 Å². The fourth-order valence-electron chi connectivity index (χ4n) is 2.64. The third-order valence-electron chi connectivity index (χ3n) is 4.06. The summed E-state index contributed by atoms with van der Waals surface area (Å²) < 4.78 is 5.31. The Kier molecular flexibility index (Phi) is 6.59. The molecule has 0 aliphatic carbocycles. The van der Waals surface area contributed by atoms with Crippen molar-refractivity contribution in [2.24, 2.45) is 11.8 Å². The van der Waals surface area contributed by atoms with Crippen molar-refractivity contribution in [1.29, 1.82) is 0 Å². The molecule has 2 amide bonds. The van der Waals surface area contributed by atoms with Gasteiger partial charge in [-0.15, -0.1) is 0 Å². The second-order valence-corrected chi connectivity index (χ2v) is 6.43. The molecule has 0 aromatic heterocycles. The number of hydrogen-bond acceptors (Lipinski definition) is 3. The molecule has 126 valence electrons. The van der Waals surface area contributed by atoms with Gasteiger partial charge in [-0.25, -0.2) is 0 Å². The molecular formula is C18H26N2O3. The molecule has 0 bridgehead atoms.